The molecule has 2 N–H and O–H groups in total. The third-order valence-electron chi connectivity index (χ3n) is 4.07. The van der Waals surface area contributed by atoms with Gasteiger partial charge in [0.15, 0.2) is 0 Å². The summed E-state index contributed by atoms with van der Waals surface area (Å²) in [5.74, 6) is 0.491. The largest absolute Gasteiger partial charge is 0.381 e. The number of ether oxygens (including phenoxy) is 1. The van der Waals surface area contributed by atoms with Gasteiger partial charge < -0.3 is 15.4 Å². The highest BCUT2D eigenvalue weighted by molar-refractivity contribution is 5.81. The summed E-state index contributed by atoms with van der Waals surface area (Å²) in [6.45, 7) is 2.36. The molecule has 1 saturated heterocycles. The number of amides is 1. The average Bonchev–Trinajstić information content (AvgIpc) is 2.53. The fraction of sp³-hybridized carbons (Fsp3) is 0.588. The normalized spacial score (nSPS) is 20.0. The maximum atomic E-state index is 12.3. The lowest BCUT2D eigenvalue weighted by molar-refractivity contribution is -0.132. The molecule has 0 radical (unpaired) electrons. The fourth-order valence-electron chi connectivity index (χ4n) is 2.80. The highest BCUT2D eigenvalue weighted by Gasteiger charge is 2.22. The van der Waals surface area contributed by atoms with Gasteiger partial charge in [0.25, 0.3) is 0 Å². The van der Waals surface area contributed by atoms with E-state index in [2.05, 4.69) is 12.1 Å². The summed E-state index contributed by atoms with van der Waals surface area (Å²) < 4.78 is 5.46. The summed E-state index contributed by atoms with van der Waals surface area (Å²) in [6, 6.07) is 9.74. The van der Waals surface area contributed by atoms with Gasteiger partial charge in [-0.3, -0.25) is 4.79 Å². The second-order valence-electron chi connectivity index (χ2n) is 5.93. The van der Waals surface area contributed by atoms with E-state index in [1.54, 1.807) is 4.90 Å². The second-order valence-corrected chi connectivity index (χ2v) is 5.93. The lowest BCUT2D eigenvalue weighted by Gasteiger charge is -2.28. The van der Waals surface area contributed by atoms with Gasteiger partial charge in [-0.05, 0) is 37.2 Å². The van der Waals surface area contributed by atoms with Gasteiger partial charge in [-0.15, -0.1) is 0 Å². The number of likely N-dealkylation sites (N-methyl/N-ethyl adjacent to an activating group) is 1. The van der Waals surface area contributed by atoms with Crippen LogP contribution < -0.4 is 5.73 Å². The van der Waals surface area contributed by atoms with Gasteiger partial charge in [0.2, 0.25) is 5.91 Å². The number of hydrogen-bond donors (Lipinski definition) is 1. The van der Waals surface area contributed by atoms with Crippen molar-refractivity contribution in [3.63, 3.8) is 0 Å². The minimum Gasteiger partial charge on any atom is -0.381 e. The standard InChI is InChI=1S/C17H26N2O2/c1-19(12-15-8-5-11-21-13-15)17(20)16(18)10-9-14-6-3-2-4-7-14/h2-4,6-7,15-16H,5,8-13,18H2,1H3/t15?,16-/m0/s1. The van der Waals surface area contributed by atoms with Crippen molar-refractivity contribution in [2.24, 2.45) is 11.7 Å². The van der Waals surface area contributed by atoms with Gasteiger partial charge >= 0.3 is 0 Å². The van der Waals surface area contributed by atoms with E-state index < -0.39 is 6.04 Å². The minimum absolute atomic E-state index is 0.0384. The van der Waals surface area contributed by atoms with Crippen LogP contribution in [0.25, 0.3) is 0 Å². The van der Waals surface area contributed by atoms with Crippen LogP contribution in [-0.4, -0.2) is 43.7 Å². The summed E-state index contributed by atoms with van der Waals surface area (Å²) in [7, 11) is 1.85. The fourth-order valence-corrected chi connectivity index (χ4v) is 2.80. The maximum absolute atomic E-state index is 12.3. The summed E-state index contributed by atoms with van der Waals surface area (Å²) in [5.41, 5.74) is 7.27. The van der Waals surface area contributed by atoms with Crippen molar-refractivity contribution in [1.82, 2.24) is 4.90 Å². The molecule has 0 saturated carbocycles. The third-order valence-corrected chi connectivity index (χ3v) is 4.07. The molecule has 0 bridgehead atoms. The number of hydrogen-bond acceptors (Lipinski definition) is 3. The molecule has 2 rings (SSSR count). The second kappa shape index (κ2) is 8.15. The zero-order valence-corrected chi connectivity index (χ0v) is 12.8. The number of nitrogens with zero attached hydrogens (tertiary/aromatic N) is 1. The summed E-state index contributed by atoms with van der Waals surface area (Å²) in [4.78, 5) is 14.1. The first-order valence-corrected chi connectivity index (χ1v) is 7.79. The number of carbonyl (C=O) groups excluding carboxylic acids is 1. The van der Waals surface area contributed by atoms with E-state index in [-0.39, 0.29) is 5.91 Å². The predicted octanol–water partition coefficient (Wildman–Crippen LogP) is 1.83. The number of nitrogens with two attached hydrogens (primary N) is 1. The molecule has 1 amide bonds. The first kappa shape index (κ1) is 16.0. The van der Waals surface area contributed by atoms with Crippen LogP contribution in [-0.2, 0) is 16.0 Å². The molecule has 1 heterocycles. The maximum Gasteiger partial charge on any atom is 0.239 e. The van der Waals surface area contributed by atoms with Crippen molar-refractivity contribution < 1.29 is 9.53 Å². The van der Waals surface area contributed by atoms with Crippen molar-refractivity contribution >= 4 is 5.91 Å². The number of aryl methyl sites for hydroxylation is 1. The van der Waals surface area contributed by atoms with E-state index in [9.17, 15) is 4.79 Å². The first-order valence-electron chi connectivity index (χ1n) is 7.79. The van der Waals surface area contributed by atoms with E-state index in [0.717, 1.165) is 39.0 Å². The zero-order valence-electron chi connectivity index (χ0n) is 12.8. The molecule has 4 nitrogen and oxygen atoms in total. The molecule has 116 valence electrons. The van der Waals surface area contributed by atoms with Gasteiger partial charge in [0, 0.05) is 20.2 Å². The smallest absolute Gasteiger partial charge is 0.239 e. The van der Waals surface area contributed by atoms with Crippen molar-refractivity contribution in [2.45, 2.75) is 31.7 Å². The summed E-state index contributed by atoms with van der Waals surface area (Å²) in [5, 5.41) is 0. The van der Waals surface area contributed by atoms with Crippen molar-refractivity contribution in [2.75, 3.05) is 26.8 Å². The van der Waals surface area contributed by atoms with Gasteiger partial charge in [-0.25, -0.2) is 0 Å². The third kappa shape index (κ3) is 5.14. The number of carbonyl (C=O) groups is 1. The van der Waals surface area contributed by atoms with Crippen molar-refractivity contribution in [3.8, 4) is 0 Å². The molecule has 1 aromatic rings. The Hall–Kier alpha value is -1.39. The Bertz CT molecular complexity index is 430. The number of rotatable bonds is 6. The molecule has 0 aliphatic carbocycles. The summed E-state index contributed by atoms with van der Waals surface area (Å²) >= 11 is 0. The quantitative estimate of drug-likeness (QED) is 0.869. The highest BCUT2D eigenvalue weighted by Crippen LogP contribution is 2.15. The Kier molecular flexibility index (Phi) is 6.21. The molecule has 4 heteroatoms. The van der Waals surface area contributed by atoms with Crippen LogP contribution in [0.5, 0.6) is 0 Å². The van der Waals surface area contributed by atoms with Crippen LogP contribution in [0.1, 0.15) is 24.8 Å². The Morgan fingerprint density at radius 1 is 1.43 bits per heavy atom. The van der Waals surface area contributed by atoms with E-state index in [4.69, 9.17) is 10.5 Å². The van der Waals surface area contributed by atoms with Crippen LogP contribution in [0.4, 0.5) is 0 Å². The van der Waals surface area contributed by atoms with Crippen LogP contribution in [0, 0.1) is 5.92 Å². The van der Waals surface area contributed by atoms with Crippen molar-refractivity contribution in [1.29, 1.82) is 0 Å². The van der Waals surface area contributed by atoms with Crippen LogP contribution >= 0.6 is 0 Å². The van der Waals surface area contributed by atoms with Crippen LogP contribution in [0.3, 0.4) is 0 Å². The molecule has 1 unspecified atom stereocenters. The molecule has 0 aromatic heterocycles. The SMILES string of the molecule is CN(CC1CCCOC1)C(=O)[C@@H](N)CCc1ccccc1. The highest BCUT2D eigenvalue weighted by atomic mass is 16.5. The van der Waals surface area contributed by atoms with E-state index >= 15 is 0 Å². The minimum atomic E-state index is -0.417. The molecule has 1 fully saturated rings. The molecule has 21 heavy (non-hydrogen) atoms. The lowest BCUT2D eigenvalue weighted by Crippen LogP contribution is -2.44. The van der Waals surface area contributed by atoms with Crippen LogP contribution in [0.15, 0.2) is 30.3 Å². The molecule has 1 aliphatic heterocycles. The Balaban J connectivity index is 1.75. The topological polar surface area (TPSA) is 55.6 Å². The number of benzene rings is 1. The Labute approximate surface area is 127 Å². The van der Waals surface area contributed by atoms with Gasteiger partial charge in [-0.2, -0.15) is 0 Å². The van der Waals surface area contributed by atoms with E-state index in [0.29, 0.717) is 12.3 Å². The molecular weight excluding hydrogens is 264 g/mol. The van der Waals surface area contributed by atoms with E-state index in [1.165, 1.54) is 5.56 Å². The van der Waals surface area contributed by atoms with Crippen molar-refractivity contribution in [3.05, 3.63) is 35.9 Å². The lowest BCUT2D eigenvalue weighted by atomic mass is 10.0. The zero-order chi connectivity index (χ0) is 15.1. The van der Waals surface area contributed by atoms with E-state index in [1.807, 2.05) is 25.2 Å². The monoisotopic (exact) mass is 290 g/mol. The van der Waals surface area contributed by atoms with Crippen LogP contribution in [0.2, 0.25) is 0 Å². The molecule has 1 aromatic carbocycles. The summed E-state index contributed by atoms with van der Waals surface area (Å²) in [6.07, 6.45) is 3.76. The predicted molar refractivity (Wildman–Crippen MR) is 83.9 cm³/mol. The van der Waals surface area contributed by atoms with Gasteiger partial charge in [0.1, 0.15) is 0 Å². The van der Waals surface area contributed by atoms with Gasteiger partial charge in [0.05, 0.1) is 12.6 Å². The molecule has 0 spiro atoms. The average molecular weight is 290 g/mol. The van der Waals surface area contributed by atoms with Gasteiger partial charge in [-0.1, -0.05) is 30.3 Å². The Morgan fingerprint density at radius 2 is 2.19 bits per heavy atom. The Morgan fingerprint density at radius 3 is 2.86 bits per heavy atom. The molecule has 1 aliphatic rings. The molecular formula is C17H26N2O2. The first-order chi connectivity index (χ1) is 10.2. The molecule has 2 atom stereocenters.